The maximum absolute atomic E-state index is 12.4. The SMILES string of the molecule is C[C@H]1C[C@@]2(CCN1C(=O)OC(C)(C)C)OCCc1c2sc(Cl)c1I. The van der Waals surface area contributed by atoms with E-state index in [1.165, 1.54) is 14.0 Å². The van der Waals surface area contributed by atoms with Gasteiger partial charge in [-0.15, -0.1) is 11.3 Å². The Morgan fingerprint density at radius 2 is 2.21 bits per heavy atom. The second kappa shape index (κ2) is 6.59. The lowest BCUT2D eigenvalue weighted by Crippen LogP contribution is -2.53. The molecule has 1 fully saturated rings. The third-order valence-electron chi connectivity index (χ3n) is 4.59. The van der Waals surface area contributed by atoms with Gasteiger partial charge in [0.25, 0.3) is 0 Å². The van der Waals surface area contributed by atoms with Crippen LogP contribution in [0.1, 0.15) is 51.0 Å². The van der Waals surface area contributed by atoms with Crippen molar-refractivity contribution in [3.63, 3.8) is 0 Å². The zero-order valence-corrected chi connectivity index (χ0v) is 18.2. The van der Waals surface area contributed by atoms with Crippen LogP contribution in [0.5, 0.6) is 0 Å². The van der Waals surface area contributed by atoms with Crippen molar-refractivity contribution in [2.24, 2.45) is 0 Å². The van der Waals surface area contributed by atoms with Gasteiger partial charge in [-0.25, -0.2) is 4.79 Å². The molecule has 0 saturated carbocycles. The predicted molar refractivity (Wildman–Crippen MR) is 105 cm³/mol. The summed E-state index contributed by atoms with van der Waals surface area (Å²) in [7, 11) is 0. The highest BCUT2D eigenvalue weighted by atomic mass is 127. The predicted octanol–water partition coefficient (Wildman–Crippen LogP) is 5.19. The van der Waals surface area contributed by atoms with Gasteiger partial charge in [0, 0.05) is 27.5 Å². The minimum Gasteiger partial charge on any atom is -0.444 e. The fourth-order valence-electron chi connectivity index (χ4n) is 3.56. The Kier molecular flexibility index (Phi) is 5.15. The van der Waals surface area contributed by atoms with Gasteiger partial charge < -0.3 is 14.4 Å². The lowest BCUT2D eigenvalue weighted by molar-refractivity contribution is -0.108. The highest BCUT2D eigenvalue weighted by Gasteiger charge is 2.47. The van der Waals surface area contributed by atoms with Gasteiger partial charge >= 0.3 is 6.09 Å². The molecule has 7 heteroatoms. The number of amides is 1. The molecule has 3 heterocycles. The molecule has 0 unspecified atom stereocenters. The van der Waals surface area contributed by atoms with Gasteiger partial charge in [0.05, 0.1) is 6.61 Å². The number of carbonyl (C=O) groups is 1. The molecule has 1 saturated heterocycles. The first-order valence-electron chi connectivity index (χ1n) is 8.24. The third-order valence-corrected chi connectivity index (χ3v) is 8.09. The first-order valence-corrected chi connectivity index (χ1v) is 10.5. The van der Waals surface area contributed by atoms with Crippen LogP contribution in [-0.2, 0) is 21.5 Å². The number of halogens is 2. The first kappa shape index (κ1) is 18.7. The molecule has 0 aromatic carbocycles. The van der Waals surface area contributed by atoms with E-state index in [2.05, 4.69) is 29.5 Å². The number of thiophene rings is 1. The van der Waals surface area contributed by atoms with E-state index in [1.807, 2.05) is 25.7 Å². The average Bonchev–Trinajstić information content (AvgIpc) is 2.75. The molecular weight excluding hydrogens is 461 g/mol. The summed E-state index contributed by atoms with van der Waals surface area (Å²) in [4.78, 5) is 15.5. The molecule has 1 aromatic heterocycles. The molecule has 24 heavy (non-hydrogen) atoms. The minimum atomic E-state index is -0.474. The molecule has 2 aliphatic heterocycles. The van der Waals surface area contributed by atoms with Gasteiger partial charge in [-0.3, -0.25) is 0 Å². The molecule has 0 N–H and O–H groups in total. The number of piperidine rings is 1. The lowest BCUT2D eigenvalue weighted by atomic mass is 9.82. The zero-order valence-electron chi connectivity index (χ0n) is 14.4. The Bertz CT molecular complexity index is 657. The van der Waals surface area contributed by atoms with Crippen LogP contribution in [0.2, 0.25) is 4.34 Å². The molecule has 2 aliphatic rings. The van der Waals surface area contributed by atoms with Crippen LogP contribution >= 0.6 is 45.5 Å². The van der Waals surface area contributed by atoms with Crippen molar-refractivity contribution in [3.05, 3.63) is 18.3 Å². The van der Waals surface area contributed by atoms with Crippen LogP contribution in [0.3, 0.4) is 0 Å². The van der Waals surface area contributed by atoms with Crippen LogP contribution in [0, 0.1) is 3.57 Å². The molecule has 2 atom stereocenters. The molecule has 1 spiro atoms. The van der Waals surface area contributed by atoms with E-state index in [9.17, 15) is 4.79 Å². The fourth-order valence-corrected chi connectivity index (χ4v) is 6.11. The van der Waals surface area contributed by atoms with Crippen molar-refractivity contribution >= 4 is 51.6 Å². The quantitative estimate of drug-likeness (QED) is 0.477. The van der Waals surface area contributed by atoms with Crippen LogP contribution in [0.4, 0.5) is 4.79 Å². The van der Waals surface area contributed by atoms with E-state index in [-0.39, 0.29) is 17.7 Å². The van der Waals surface area contributed by atoms with Crippen LogP contribution < -0.4 is 0 Å². The van der Waals surface area contributed by atoms with E-state index >= 15 is 0 Å². The molecule has 0 bridgehead atoms. The van der Waals surface area contributed by atoms with Gasteiger partial charge in [-0.1, -0.05) is 11.6 Å². The topological polar surface area (TPSA) is 38.8 Å². The summed E-state index contributed by atoms with van der Waals surface area (Å²) in [5.74, 6) is 0. The highest BCUT2D eigenvalue weighted by molar-refractivity contribution is 14.1. The Hall–Kier alpha value is -0.0500. The average molecular weight is 484 g/mol. The summed E-state index contributed by atoms with van der Waals surface area (Å²) >= 11 is 10.4. The van der Waals surface area contributed by atoms with Crippen molar-refractivity contribution in [2.45, 2.75) is 64.2 Å². The van der Waals surface area contributed by atoms with Crippen molar-refractivity contribution < 1.29 is 14.3 Å². The summed E-state index contributed by atoms with van der Waals surface area (Å²) in [6, 6.07) is 0.0677. The molecule has 0 aliphatic carbocycles. The summed E-state index contributed by atoms with van der Waals surface area (Å²) < 4.78 is 13.8. The third kappa shape index (κ3) is 3.44. The fraction of sp³-hybridized carbons (Fsp3) is 0.706. The van der Waals surface area contributed by atoms with Gasteiger partial charge in [-0.05, 0) is 68.7 Å². The summed E-state index contributed by atoms with van der Waals surface area (Å²) in [6.45, 7) is 9.12. The van der Waals surface area contributed by atoms with Crippen molar-refractivity contribution in [1.82, 2.24) is 4.90 Å². The lowest BCUT2D eigenvalue weighted by Gasteiger charge is -2.46. The van der Waals surface area contributed by atoms with Gasteiger partial charge in [0.1, 0.15) is 15.5 Å². The van der Waals surface area contributed by atoms with E-state index < -0.39 is 5.60 Å². The maximum Gasteiger partial charge on any atom is 0.410 e. The normalized spacial score (nSPS) is 27.2. The Labute approximate surface area is 166 Å². The number of rotatable bonds is 0. The molecule has 0 radical (unpaired) electrons. The number of nitrogens with zero attached hydrogens (tertiary/aromatic N) is 1. The molecule has 1 aromatic rings. The monoisotopic (exact) mass is 483 g/mol. The number of carbonyl (C=O) groups excluding carboxylic acids is 1. The number of hydrogen-bond donors (Lipinski definition) is 0. The van der Waals surface area contributed by atoms with Crippen molar-refractivity contribution in [1.29, 1.82) is 0 Å². The number of ether oxygens (including phenoxy) is 2. The van der Waals surface area contributed by atoms with Crippen LogP contribution in [0.25, 0.3) is 0 Å². The van der Waals surface area contributed by atoms with Gasteiger partial charge in [0.15, 0.2) is 0 Å². The standard InChI is InChI=1S/C17H23ClINO3S/c1-10-9-17(6-7-20(10)15(21)23-16(2,3)4)13-11(5-8-22-17)12(19)14(18)24-13/h10H,5-9H2,1-4H3/t10-,17+/m0/s1. The van der Waals surface area contributed by atoms with Gasteiger partial charge in [-0.2, -0.15) is 0 Å². The second-order valence-electron chi connectivity index (χ2n) is 7.57. The number of likely N-dealkylation sites (tertiary alicyclic amines) is 1. The van der Waals surface area contributed by atoms with E-state index in [1.54, 1.807) is 11.3 Å². The maximum atomic E-state index is 12.4. The van der Waals surface area contributed by atoms with Crippen molar-refractivity contribution in [3.8, 4) is 0 Å². The van der Waals surface area contributed by atoms with E-state index in [4.69, 9.17) is 21.1 Å². The molecule has 1 amide bonds. The molecular formula is C17H23ClINO3S. The smallest absolute Gasteiger partial charge is 0.410 e. The second-order valence-corrected chi connectivity index (χ2v) is 10.3. The Morgan fingerprint density at radius 1 is 1.50 bits per heavy atom. The van der Waals surface area contributed by atoms with Crippen LogP contribution in [0.15, 0.2) is 0 Å². The van der Waals surface area contributed by atoms with E-state index in [0.29, 0.717) is 6.54 Å². The first-order chi connectivity index (χ1) is 11.1. The minimum absolute atomic E-state index is 0.0677. The van der Waals surface area contributed by atoms with Crippen molar-refractivity contribution in [2.75, 3.05) is 13.2 Å². The highest BCUT2D eigenvalue weighted by Crippen LogP contribution is 2.50. The number of hydrogen-bond acceptors (Lipinski definition) is 4. The summed E-state index contributed by atoms with van der Waals surface area (Å²) in [5.41, 5.74) is 0.566. The number of fused-ring (bicyclic) bond motifs is 2. The Balaban J connectivity index is 1.81. The van der Waals surface area contributed by atoms with Crippen LogP contribution in [-0.4, -0.2) is 35.8 Å². The molecule has 134 valence electrons. The largest absolute Gasteiger partial charge is 0.444 e. The molecule has 4 nitrogen and oxygen atoms in total. The summed E-state index contributed by atoms with van der Waals surface area (Å²) in [6.07, 6.45) is 2.26. The zero-order chi connectivity index (χ0) is 17.7. The molecule has 3 rings (SSSR count). The summed E-state index contributed by atoms with van der Waals surface area (Å²) in [5, 5.41) is 0. The van der Waals surface area contributed by atoms with Gasteiger partial charge in [0.2, 0.25) is 0 Å². The Morgan fingerprint density at radius 3 is 2.83 bits per heavy atom. The van der Waals surface area contributed by atoms with E-state index in [0.717, 1.165) is 30.2 Å².